The second-order valence-electron chi connectivity index (χ2n) is 7.65. The van der Waals surface area contributed by atoms with Crippen molar-refractivity contribution in [1.29, 1.82) is 0 Å². The van der Waals surface area contributed by atoms with Crippen LogP contribution in [0.4, 0.5) is 5.69 Å². The minimum absolute atomic E-state index is 0.00177. The molecular formula is C24H29N3O3. The molecule has 1 N–H and O–H groups in total. The number of carbonyl (C=O) groups excluding carboxylic acids is 1. The molecule has 0 unspecified atom stereocenters. The van der Waals surface area contributed by atoms with Crippen molar-refractivity contribution in [2.45, 2.75) is 6.42 Å². The van der Waals surface area contributed by atoms with Gasteiger partial charge in [-0.3, -0.25) is 14.6 Å². The van der Waals surface area contributed by atoms with Crippen molar-refractivity contribution in [2.75, 3.05) is 57.8 Å². The van der Waals surface area contributed by atoms with E-state index in [-0.39, 0.29) is 5.91 Å². The van der Waals surface area contributed by atoms with Crippen molar-refractivity contribution >= 4 is 17.7 Å². The Morgan fingerprint density at radius 2 is 1.67 bits per heavy atom. The summed E-state index contributed by atoms with van der Waals surface area (Å²) in [4.78, 5) is 17.1. The van der Waals surface area contributed by atoms with Crippen LogP contribution in [0.5, 0.6) is 11.5 Å². The van der Waals surface area contributed by atoms with Gasteiger partial charge in [0.1, 0.15) is 0 Å². The van der Waals surface area contributed by atoms with Crippen LogP contribution in [0.2, 0.25) is 0 Å². The molecule has 0 aliphatic carbocycles. The van der Waals surface area contributed by atoms with Crippen LogP contribution in [0.3, 0.4) is 0 Å². The van der Waals surface area contributed by atoms with Gasteiger partial charge in [-0.25, -0.2) is 0 Å². The Morgan fingerprint density at radius 1 is 0.933 bits per heavy atom. The average Bonchev–Trinajstić information content (AvgIpc) is 3.01. The molecule has 1 fully saturated rings. The van der Waals surface area contributed by atoms with Gasteiger partial charge in [0.25, 0.3) is 0 Å². The van der Waals surface area contributed by atoms with E-state index in [9.17, 15) is 4.79 Å². The van der Waals surface area contributed by atoms with Gasteiger partial charge in [0.15, 0.2) is 11.5 Å². The van der Waals surface area contributed by atoms with Crippen molar-refractivity contribution in [3.63, 3.8) is 0 Å². The summed E-state index contributed by atoms with van der Waals surface area (Å²) in [7, 11) is 0. The Bertz CT molecular complexity index is 861. The van der Waals surface area contributed by atoms with Gasteiger partial charge < -0.3 is 14.8 Å². The molecule has 2 aliphatic rings. The highest BCUT2D eigenvalue weighted by molar-refractivity contribution is 5.92. The fourth-order valence-corrected chi connectivity index (χ4v) is 3.68. The van der Waals surface area contributed by atoms with E-state index in [2.05, 4.69) is 51.5 Å². The van der Waals surface area contributed by atoms with Gasteiger partial charge >= 0.3 is 0 Å². The predicted molar refractivity (Wildman–Crippen MR) is 119 cm³/mol. The Kier molecular flexibility index (Phi) is 7.00. The Hall–Kier alpha value is -2.83. The van der Waals surface area contributed by atoms with Gasteiger partial charge in [-0.05, 0) is 17.7 Å². The Balaban J connectivity index is 1.20. The Labute approximate surface area is 178 Å². The highest BCUT2D eigenvalue weighted by atomic mass is 16.5. The maximum absolute atomic E-state index is 12.5. The molecule has 0 saturated carbocycles. The third-order valence-corrected chi connectivity index (χ3v) is 5.34. The van der Waals surface area contributed by atoms with Crippen LogP contribution < -0.4 is 14.8 Å². The topological polar surface area (TPSA) is 54.0 Å². The number of nitrogens with one attached hydrogen (secondary N) is 1. The zero-order valence-corrected chi connectivity index (χ0v) is 17.3. The molecule has 2 aromatic carbocycles. The zero-order valence-electron chi connectivity index (χ0n) is 17.3. The summed E-state index contributed by atoms with van der Waals surface area (Å²) in [6, 6.07) is 15.9. The number of ether oxygens (including phenoxy) is 2. The molecule has 6 nitrogen and oxygen atoms in total. The minimum Gasteiger partial charge on any atom is -0.490 e. The highest BCUT2D eigenvalue weighted by Crippen LogP contribution is 2.32. The number of nitrogens with zero attached hydrogens (tertiary/aromatic N) is 2. The van der Waals surface area contributed by atoms with E-state index < -0.39 is 0 Å². The molecular weight excluding hydrogens is 378 g/mol. The van der Waals surface area contributed by atoms with E-state index in [1.807, 2.05) is 24.3 Å². The number of benzene rings is 2. The van der Waals surface area contributed by atoms with E-state index in [4.69, 9.17) is 9.47 Å². The first-order valence-electron chi connectivity index (χ1n) is 10.6. The monoisotopic (exact) mass is 407 g/mol. The number of amides is 1. The van der Waals surface area contributed by atoms with Crippen LogP contribution >= 0.6 is 0 Å². The molecule has 6 heteroatoms. The second kappa shape index (κ2) is 10.3. The summed E-state index contributed by atoms with van der Waals surface area (Å²) in [5.41, 5.74) is 1.97. The fourth-order valence-electron chi connectivity index (χ4n) is 3.68. The molecule has 1 amide bonds. The number of rotatable bonds is 6. The Morgan fingerprint density at radius 3 is 2.47 bits per heavy atom. The maximum Gasteiger partial charge on any atom is 0.238 e. The van der Waals surface area contributed by atoms with Gasteiger partial charge in [0, 0.05) is 50.9 Å². The normalized spacial score (nSPS) is 17.6. The van der Waals surface area contributed by atoms with E-state index in [1.165, 1.54) is 5.56 Å². The first kappa shape index (κ1) is 20.4. The first-order valence-corrected chi connectivity index (χ1v) is 10.6. The molecule has 4 rings (SSSR count). The third-order valence-electron chi connectivity index (χ3n) is 5.34. The van der Waals surface area contributed by atoms with Gasteiger partial charge in [0.05, 0.1) is 19.8 Å². The van der Waals surface area contributed by atoms with E-state index in [1.54, 1.807) is 0 Å². The summed E-state index contributed by atoms with van der Waals surface area (Å²) in [5.74, 6) is 1.44. The van der Waals surface area contributed by atoms with Crippen LogP contribution in [-0.4, -0.2) is 68.2 Å². The van der Waals surface area contributed by atoms with Gasteiger partial charge in [-0.2, -0.15) is 0 Å². The van der Waals surface area contributed by atoms with Crippen molar-refractivity contribution < 1.29 is 14.3 Å². The van der Waals surface area contributed by atoms with Crippen molar-refractivity contribution in [2.24, 2.45) is 0 Å². The molecule has 158 valence electrons. The second-order valence-corrected chi connectivity index (χ2v) is 7.65. The number of fused-ring (bicyclic) bond motifs is 1. The van der Waals surface area contributed by atoms with Gasteiger partial charge in [-0.1, -0.05) is 42.5 Å². The van der Waals surface area contributed by atoms with Crippen LogP contribution in [0, 0.1) is 0 Å². The standard InChI is InChI=1S/C24H29N3O3/c28-24(25-21-9-10-22-23(18-21)30-17-5-16-29-22)19-27-14-12-26(13-15-27)11-4-8-20-6-2-1-3-7-20/h1-4,6-10,18H,5,11-17,19H2,(H,25,28)/b8-4+. The van der Waals surface area contributed by atoms with Crippen molar-refractivity contribution in [3.05, 3.63) is 60.2 Å². The van der Waals surface area contributed by atoms with E-state index in [0.29, 0.717) is 25.5 Å². The van der Waals surface area contributed by atoms with Crippen molar-refractivity contribution in [3.8, 4) is 11.5 Å². The molecule has 0 spiro atoms. The summed E-state index contributed by atoms with van der Waals surface area (Å²) in [5, 5.41) is 2.98. The largest absolute Gasteiger partial charge is 0.490 e. The number of piperazine rings is 1. The predicted octanol–water partition coefficient (Wildman–Crippen LogP) is 3.12. The van der Waals surface area contributed by atoms with E-state index >= 15 is 0 Å². The molecule has 0 bridgehead atoms. The number of carbonyl (C=O) groups is 1. The van der Waals surface area contributed by atoms with Crippen LogP contribution in [-0.2, 0) is 4.79 Å². The summed E-state index contributed by atoms with van der Waals surface area (Å²) in [6.45, 7) is 6.37. The van der Waals surface area contributed by atoms with Crippen LogP contribution in [0.1, 0.15) is 12.0 Å². The molecule has 0 atom stereocenters. The minimum atomic E-state index is 0.00177. The lowest BCUT2D eigenvalue weighted by atomic mass is 10.2. The molecule has 2 aliphatic heterocycles. The third kappa shape index (κ3) is 5.84. The van der Waals surface area contributed by atoms with Gasteiger partial charge in [0.2, 0.25) is 5.91 Å². The first-order chi connectivity index (χ1) is 14.8. The SMILES string of the molecule is O=C(CN1CCN(C/C=C/c2ccccc2)CC1)Nc1ccc2c(c1)OCCCO2. The smallest absolute Gasteiger partial charge is 0.238 e. The van der Waals surface area contributed by atoms with Crippen LogP contribution in [0.25, 0.3) is 6.08 Å². The summed E-state index contributed by atoms with van der Waals surface area (Å²) >= 11 is 0. The van der Waals surface area contributed by atoms with Crippen molar-refractivity contribution in [1.82, 2.24) is 9.80 Å². The molecule has 30 heavy (non-hydrogen) atoms. The lowest BCUT2D eigenvalue weighted by Gasteiger charge is -2.33. The lowest BCUT2D eigenvalue weighted by Crippen LogP contribution is -2.48. The number of hydrogen-bond donors (Lipinski definition) is 1. The molecule has 2 aromatic rings. The summed E-state index contributed by atoms with van der Waals surface area (Å²) in [6.07, 6.45) is 5.24. The summed E-state index contributed by atoms with van der Waals surface area (Å²) < 4.78 is 11.3. The molecule has 0 aromatic heterocycles. The zero-order chi connectivity index (χ0) is 20.6. The number of hydrogen-bond acceptors (Lipinski definition) is 5. The maximum atomic E-state index is 12.5. The average molecular weight is 408 g/mol. The quantitative estimate of drug-likeness (QED) is 0.798. The highest BCUT2D eigenvalue weighted by Gasteiger charge is 2.19. The van der Waals surface area contributed by atoms with Crippen LogP contribution in [0.15, 0.2) is 54.6 Å². The van der Waals surface area contributed by atoms with E-state index in [0.717, 1.165) is 50.6 Å². The molecule has 0 radical (unpaired) electrons. The fraction of sp³-hybridized carbons (Fsp3) is 0.375. The lowest BCUT2D eigenvalue weighted by molar-refractivity contribution is -0.117. The number of anilines is 1. The van der Waals surface area contributed by atoms with Gasteiger partial charge in [-0.15, -0.1) is 0 Å². The molecule has 1 saturated heterocycles. The molecule has 2 heterocycles.